The van der Waals surface area contributed by atoms with Crippen LogP contribution in [-0.2, 0) is 10.0 Å². The average Bonchev–Trinajstić information content (AvgIpc) is 2.56. The number of rotatable bonds is 5. The van der Waals surface area contributed by atoms with E-state index in [0.29, 0.717) is 11.4 Å². The molecule has 0 aliphatic heterocycles. The van der Waals surface area contributed by atoms with Gasteiger partial charge >= 0.3 is 0 Å². The number of hydrogen-bond acceptors (Lipinski definition) is 4. The molecule has 2 aromatic carbocycles. The van der Waals surface area contributed by atoms with Gasteiger partial charge in [-0.3, -0.25) is 9.52 Å². The van der Waals surface area contributed by atoms with Crippen LogP contribution in [0.25, 0.3) is 0 Å². The van der Waals surface area contributed by atoms with Crippen molar-refractivity contribution in [3.63, 3.8) is 0 Å². The molecule has 0 aromatic heterocycles. The van der Waals surface area contributed by atoms with Crippen LogP contribution in [-0.4, -0.2) is 28.5 Å². The zero-order valence-electron chi connectivity index (χ0n) is 14.0. The third-order valence-corrected chi connectivity index (χ3v) is 4.94. The van der Waals surface area contributed by atoms with E-state index in [1.165, 1.54) is 32.4 Å². The van der Waals surface area contributed by atoms with Crippen molar-refractivity contribution in [2.45, 2.75) is 18.7 Å². The van der Waals surface area contributed by atoms with Gasteiger partial charge in [0.15, 0.2) is 0 Å². The normalized spacial score (nSPS) is 11.0. The van der Waals surface area contributed by atoms with Gasteiger partial charge in [0.25, 0.3) is 15.9 Å². The molecule has 0 spiro atoms. The highest BCUT2D eigenvalue weighted by molar-refractivity contribution is 7.92. The number of methoxy groups -OCH3 is 1. The van der Waals surface area contributed by atoms with Gasteiger partial charge in [-0.05, 0) is 43.7 Å². The lowest BCUT2D eigenvalue weighted by Crippen LogP contribution is -2.20. The molecule has 0 fully saturated rings. The van der Waals surface area contributed by atoms with Crippen LogP contribution in [0.2, 0.25) is 0 Å². The van der Waals surface area contributed by atoms with Crippen molar-refractivity contribution in [2.24, 2.45) is 0 Å². The van der Waals surface area contributed by atoms with E-state index in [4.69, 9.17) is 4.74 Å². The SMILES string of the molecule is CNC(=O)c1cc(S(=O)(=O)Nc2ccc(C)cc2C)ccc1OC. The van der Waals surface area contributed by atoms with Crippen molar-refractivity contribution in [3.8, 4) is 5.75 Å². The molecule has 0 atom stereocenters. The Morgan fingerprint density at radius 3 is 2.38 bits per heavy atom. The molecule has 0 saturated carbocycles. The van der Waals surface area contributed by atoms with E-state index in [1.54, 1.807) is 6.07 Å². The van der Waals surface area contributed by atoms with Crippen LogP contribution in [0, 0.1) is 13.8 Å². The summed E-state index contributed by atoms with van der Waals surface area (Å²) in [6.45, 7) is 3.76. The summed E-state index contributed by atoms with van der Waals surface area (Å²) in [6.07, 6.45) is 0. The standard InChI is InChI=1S/C17H20N2O4S/c1-11-5-7-15(12(2)9-11)19-24(21,22)13-6-8-16(23-4)14(10-13)17(20)18-3/h5-10,19H,1-4H3,(H,18,20). The molecular formula is C17H20N2O4S. The van der Waals surface area contributed by atoms with Crippen LogP contribution in [0.15, 0.2) is 41.3 Å². The Morgan fingerprint density at radius 1 is 1.08 bits per heavy atom. The van der Waals surface area contributed by atoms with E-state index in [9.17, 15) is 13.2 Å². The van der Waals surface area contributed by atoms with Gasteiger partial charge in [0, 0.05) is 7.05 Å². The van der Waals surface area contributed by atoms with Crippen LogP contribution >= 0.6 is 0 Å². The van der Waals surface area contributed by atoms with Crippen LogP contribution < -0.4 is 14.8 Å². The Bertz CT molecular complexity index is 876. The Morgan fingerprint density at radius 2 is 1.79 bits per heavy atom. The summed E-state index contributed by atoms with van der Waals surface area (Å²) in [4.78, 5) is 11.9. The number of nitrogens with one attached hydrogen (secondary N) is 2. The maximum atomic E-state index is 12.6. The quantitative estimate of drug-likeness (QED) is 0.869. The zero-order chi connectivity index (χ0) is 17.9. The van der Waals surface area contributed by atoms with E-state index in [-0.39, 0.29) is 10.5 Å². The highest BCUT2D eigenvalue weighted by atomic mass is 32.2. The van der Waals surface area contributed by atoms with E-state index >= 15 is 0 Å². The third kappa shape index (κ3) is 3.68. The summed E-state index contributed by atoms with van der Waals surface area (Å²) in [5.41, 5.74) is 2.52. The number of amides is 1. The second kappa shape index (κ2) is 6.92. The number of sulfonamides is 1. The molecule has 0 aliphatic carbocycles. The van der Waals surface area contributed by atoms with Gasteiger partial charge in [0.05, 0.1) is 23.3 Å². The first-order valence-corrected chi connectivity index (χ1v) is 8.77. The van der Waals surface area contributed by atoms with E-state index in [1.807, 2.05) is 26.0 Å². The van der Waals surface area contributed by atoms with Gasteiger partial charge < -0.3 is 10.1 Å². The fourth-order valence-electron chi connectivity index (χ4n) is 2.30. The molecule has 2 N–H and O–H groups in total. The molecule has 0 unspecified atom stereocenters. The van der Waals surface area contributed by atoms with Gasteiger partial charge in [-0.1, -0.05) is 17.7 Å². The van der Waals surface area contributed by atoms with E-state index < -0.39 is 15.9 Å². The topological polar surface area (TPSA) is 84.5 Å². The first kappa shape index (κ1) is 17.8. The van der Waals surface area contributed by atoms with Crippen LogP contribution in [0.1, 0.15) is 21.5 Å². The molecule has 1 amide bonds. The summed E-state index contributed by atoms with van der Waals surface area (Å²) in [7, 11) is -0.934. The number of hydrogen-bond donors (Lipinski definition) is 2. The van der Waals surface area contributed by atoms with Crippen molar-refractivity contribution < 1.29 is 17.9 Å². The minimum absolute atomic E-state index is 0.0122. The number of anilines is 1. The molecular weight excluding hydrogens is 328 g/mol. The van der Waals surface area contributed by atoms with Crippen molar-refractivity contribution in [1.82, 2.24) is 5.32 Å². The van der Waals surface area contributed by atoms with Gasteiger partial charge in [-0.2, -0.15) is 0 Å². The molecule has 0 radical (unpaired) electrons. The summed E-state index contributed by atoms with van der Waals surface area (Å²) in [6, 6.07) is 9.59. The largest absolute Gasteiger partial charge is 0.496 e. The van der Waals surface area contributed by atoms with Crippen molar-refractivity contribution in [1.29, 1.82) is 0 Å². The first-order chi connectivity index (χ1) is 11.3. The van der Waals surface area contributed by atoms with Crippen LogP contribution in [0.4, 0.5) is 5.69 Å². The fraction of sp³-hybridized carbons (Fsp3) is 0.235. The lowest BCUT2D eigenvalue weighted by atomic mass is 10.1. The molecule has 0 aliphatic rings. The van der Waals surface area contributed by atoms with Crippen molar-refractivity contribution in [2.75, 3.05) is 18.9 Å². The zero-order valence-corrected chi connectivity index (χ0v) is 14.8. The molecule has 0 saturated heterocycles. The Balaban J connectivity index is 2.44. The lowest BCUT2D eigenvalue weighted by Gasteiger charge is -2.13. The number of carbonyl (C=O) groups excluding carboxylic acids is 1. The van der Waals surface area contributed by atoms with E-state index in [0.717, 1.165) is 11.1 Å². The number of ether oxygens (including phenoxy) is 1. The smallest absolute Gasteiger partial charge is 0.261 e. The molecule has 2 rings (SSSR count). The minimum atomic E-state index is -3.82. The second-order valence-corrected chi connectivity index (χ2v) is 7.05. The van der Waals surface area contributed by atoms with Gasteiger partial charge in [0.1, 0.15) is 5.75 Å². The lowest BCUT2D eigenvalue weighted by molar-refractivity contribution is 0.0960. The van der Waals surface area contributed by atoms with Gasteiger partial charge in [-0.15, -0.1) is 0 Å². The monoisotopic (exact) mass is 348 g/mol. The number of aryl methyl sites for hydroxylation is 2. The highest BCUT2D eigenvalue weighted by Gasteiger charge is 2.20. The summed E-state index contributed by atoms with van der Waals surface area (Å²) >= 11 is 0. The maximum absolute atomic E-state index is 12.6. The number of carbonyl (C=O) groups is 1. The molecule has 7 heteroatoms. The maximum Gasteiger partial charge on any atom is 0.261 e. The summed E-state index contributed by atoms with van der Waals surface area (Å²) < 4.78 is 32.9. The minimum Gasteiger partial charge on any atom is -0.496 e. The second-order valence-electron chi connectivity index (χ2n) is 5.37. The Hall–Kier alpha value is -2.54. The average molecular weight is 348 g/mol. The predicted octanol–water partition coefficient (Wildman–Crippen LogP) is 2.47. The molecule has 0 heterocycles. The van der Waals surface area contributed by atoms with Crippen molar-refractivity contribution >= 4 is 21.6 Å². The molecule has 128 valence electrons. The van der Waals surface area contributed by atoms with Crippen molar-refractivity contribution in [3.05, 3.63) is 53.1 Å². The predicted molar refractivity (Wildman–Crippen MR) is 93.1 cm³/mol. The highest BCUT2D eigenvalue weighted by Crippen LogP contribution is 2.25. The Labute approximate surface area is 141 Å². The van der Waals surface area contributed by atoms with Crippen LogP contribution in [0.3, 0.4) is 0 Å². The van der Waals surface area contributed by atoms with Crippen LogP contribution in [0.5, 0.6) is 5.75 Å². The third-order valence-electron chi connectivity index (χ3n) is 3.58. The number of benzene rings is 2. The summed E-state index contributed by atoms with van der Waals surface area (Å²) in [5, 5.41) is 2.47. The Kier molecular flexibility index (Phi) is 5.14. The molecule has 0 bridgehead atoms. The fourth-order valence-corrected chi connectivity index (χ4v) is 3.45. The van der Waals surface area contributed by atoms with E-state index in [2.05, 4.69) is 10.0 Å². The first-order valence-electron chi connectivity index (χ1n) is 7.28. The summed E-state index contributed by atoms with van der Waals surface area (Å²) in [5.74, 6) is -0.116. The van der Waals surface area contributed by atoms with Gasteiger partial charge in [0.2, 0.25) is 0 Å². The molecule has 2 aromatic rings. The molecule has 6 nitrogen and oxygen atoms in total. The molecule has 24 heavy (non-hydrogen) atoms. The van der Waals surface area contributed by atoms with Gasteiger partial charge in [-0.25, -0.2) is 8.42 Å².